The molecule has 0 bridgehead atoms. The molecule has 12 heteroatoms. The molecular formula is C13H11N7O5. The lowest BCUT2D eigenvalue weighted by molar-refractivity contribution is -0.386. The van der Waals surface area contributed by atoms with E-state index in [1.165, 1.54) is 19.3 Å². The summed E-state index contributed by atoms with van der Waals surface area (Å²) in [5.74, 6) is -1.22. The molecule has 0 fully saturated rings. The summed E-state index contributed by atoms with van der Waals surface area (Å²) in [7, 11) is 1.26. The van der Waals surface area contributed by atoms with Crippen molar-refractivity contribution < 1.29 is 19.6 Å². The minimum absolute atomic E-state index is 0.0259. The number of nitro groups is 1. The normalized spacial score (nSPS) is 15.6. The number of benzene rings is 1. The fourth-order valence-corrected chi connectivity index (χ4v) is 2.22. The van der Waals surface area contributed by atoms with E-state index in [1.54, 1.807) is 6.92 Å². The van der Waals surface area contributed by atoms with Crippen LogP contribution in [0.2, 0.25) is 0 Å². The largest absolute Gasteiger partial charge is 0.500 e. The number of rotatable bonds is 4. The Hall–Kier alpha value is -3.83. The average molecular weight is 345 g/mol. The molecule has 0 spiro atoms. The topological polar surface area (TPSA) is 160 Å². The molecule has 0 aliphatic carbocycles. The van der Waals surface area contributed by atoms with Crippen LogP contribution in [0.4, 0.5) is 11.6 Å². The number of phenols is 1. The van der Waals surface area contributed by atoms with Gasteiger partial charge in [0.2, 0.25) is 5.75 Å². The van der Waals surface area contributed by atoms with Gasteiger partial charge in [-0.1, -0.05) is 5.10 Å². The molecule has 0 atom stereocenters. The van der Waals surface area contributed by atoms with E-state index in [4.69, 9.17) is 4.74 Å². The zero-order chi connectivity index (χ0) is 18.1. The van der Waals surface area contributed by atoms with Crippen LogP contribution in [-0.2, 0) is 4.79 Å². The van der Waals surface area contributed by atoms with Gasteiger partial charge in [-0.15, -0.1) is 5.10 Å². The Morgan fingerprint density at radius 1 is 1.44 bits per heavy atom. The van der Waals surface area contributed by atoms with E-state index in [2.05, 4.69) is 25.7 Å². The van der Waals surface area contributed by atoms with Crippen molar-refractivity contribution in [2.45, 2.75) is 6.92 Å². The maximum absolute atomic E-state index is 12.5. The molecular weight excluding hydrogens is 334 g/mol. The predicted molar refractivity (Wildman–Crippen MR) is 84.1 cm³/mol. The Bertz CT molecular complexity index is 919. The van der Waals surface area contributed by atoms with Crippen molar-refractivity contribution in [3.8, 4) is 11.5 Å². The van der Waals surface area contributed by atoms with Gasteiger partial charge in [0, 0.05) is 6.07 Å². The monoisotopic (exact) mass is 345 g/mol. The minimum Gasteiger partial charge on any atom is -0.500 e. The second-order valence-electron chi connectivity index (χ2n) is 4.92. The van der Waals surface area contributed by atoms with Crippen molar-refractivity contribution >= 4 is 29.3 Å². The first-order valence-corrected chi connectivity index (χ1v) is 6.83. The van der Waals surface area contributed by atoms with Crippen molar-refractivity contribution in [3.63, 3.8) is 0 Å². The average Bonchev–Trinajstić information content (AvgIpc) is 3.19. The van der Waals surface area contributed by atoms with E-state index in [-0.39, 0.29) is 22.8 Å². The number of tetrazole rings is 1. The van der Waals surface area contributed by atoms with Gasteiger partial charge in [0.25, 0.3) is 11.9 Å². The number of H-pyrrole nitrogens is 1. The zero-order valence-electron chi connectivity index (χ0n) is 13.0. The number of phenolic OH excluding ortho intramolecular Hbond substituents is 1. The van der Waals surface area contributed by atoms with E-state index in [9.17, 15) is 20.0 Å². The molecule has 2 heterocycles. The lowest BCUT2D eigenvalue weighted by atomic mass is 10.1. The Kier molecular flexibility index (Phi) is 3.85. The van der Waals surface area contributed by atoms with Crippen LogP contribution in [0.3, 0.4) is 0 Å². The second kappa shape index (κ2) is 5.99. The van der Waals surface area contributed by atoms with Crippen LogP contribution in [0.1, 0.15) is 12.5 Å². The Balaban J connectivity index is 2.04. The van der Waals surface area contributed by atoms with Gasteiger partial charge in [0.05, 0.1) is 23.3 Å². The molecule has 0 unspecified atom stereocenters. The molecule has 128 valence electrons. The number of ether oxygens (including phenoxy) is 1. The number of anilines is 1. The number of amides is 1. The fourth-order valence-electron chi connectivity index (χ4n) is 2.22. The molecule has 0 radical (unpaired) electrons. The Labute approximate surface area is 139 Å². The second-order valence-corrected chi connectivity index (χ2v) is 4.92. The first kappa shape index (κ1) is 16.0. The Morgan fingerprint density at radius 2 is 2.20 bits per heavy atom. The first-order valence-electron chi connectivity index (χ1n) is 6.83. The molecule has 0 saturated heterocycles. The van der Waals surface area contributed by atoms with Gasteiger partial charge < -0.3 is 9.84 Å². The maximum Gasteiger partial charge on any atom is 0.315 e. The van der Waals surface area contributed by atoms with Crippen molar-refractivity contribution in [2.75, 3.05) is 12.1 Å². The van der Waals surface area contributed by atoms with Gasteiger partial charge >= 0.3 is 5.69 Å². The molecule has 1 aliphatic heterocycles. The van der Waals surface area contributed by atoms with Crippen LogP contribution in [0, 0.1) is 10.1 Å². The smallest absolute Gasteiger partial charge is 0.315 e. The number of nitro benzene ring substituents is 1. The summed E-state index contributed by atoms with van der Waals surface area (Å²) in [5.41, 5.74) is 0.298. The number of nitrogens with one attached hydrogen (secondary N) is 1. The van der Waals surface area contributed by atoms with Gasteiger partial charge in [0.15, 0.2) is 5.75 Å². The van der Waals surface area contributed by atoms with Gasteiger partial charge in [-0.3, -0.25) is 14.9 Å². The SMILES string of the molecule is COc1cc(/C=C2/C(=O)N(c3nn[nH]n3)N=C2C)cc([N+](=O)[O-])c1O. The molecule has 2 N–H and O–H groups in total. The van der Waals surface area contributed by atoms with Gasteiger partial charge in [-0.05, 0) is 29.8 Å². The molecule has 1 aromatic heterocycles. The highest BCUT2D eigenvalue weighted by Gasteiger charge is 2.31. The molecule has 2 aromatic rings. The van der Waals surface area contributed by atoms with Crippen LogP contribution >= 0.6 is 0 Å². The number of nitrogens with zero attached hydrogens (tertiary/aromatic N) is 6. The van der Waals surface area contributed by atoms with Crippen LogP contribution in [0.15, 0.2) is 22.8 Å². The van der Waals surface area contributed by atoms with Crippen LogP contribution in [0.25, 0.3) is 6.08 Å². The number of methoxy groups -OCH3 is 1. The molecule has 12 nitrogen and oxygen atoms in total. The third-order valence-corrected chi connectivity index (χ3v) is 3.39. The first-order chi connectivity index (χ1) is 11.9. The number of aromatic nitrogens is 4. The third-order valence-electron chi connectivity index (χ3n) is 3.39. The van der Waals surface area contributed by atoms with Gasteiger partial charge in [-0.2, -0.15) is 15.3 Å². The summed E-state index contributed by atoms with van der Waals surface area (Å²) in [6.07, 6.45) is 1.40. The van der Waals surface area contributed by atoms with Crippen LogP contribution in [0.5, 0.6) is 11.5 Å². The summed E-state index contributed by atoms with van der Waals surface area (Å²) in [6.45, 7) is 1.59. The summed E-state index contributed by atoms with van der Waals surface area (Å²) in [4.78, 5) is 22.8. The van der Waals surface area contributed by atoms with E-state index in [0.717, 1.165) is 11.1 Å². The summed E-state index contributed by atoms with van der Waals surface area (Å²) >= 11 is 0. The molecule has 1 aromatic carbocycles. The standard InChI is InChI=1S/C13H11N7O5/c1-6-8(12(22)19(16-6)13-14-17-18-15-13)3-7-4-9(20(23)24)11(21)10(5-7)25-2/h3-5,21H,1-2H3,(H,14,15,17,18)/b8-3+. The van der Waals surface area contributed by atoms with E-state index in [1.807, 2.05) is 0 Å². The predicted octanol–water partition coefficient (Wildman–Crippen LogP) is 0.628. The zero-order valence-corrected chi connectivity index (χ0v) is 13.0. The van der Waals surface area contributed by atoms with Crippen LogP contribution in [-0.4, -0.2) is 49.4 Å². The van der Waals surface area contributed by atoms with Crippen molar-refractivity contribution in [1.82, 2.24) is 20.6 Å². The molecule has 3 rings (SSSR count). The highest BCUT2D eigenvalue weighted by Crippen LogP contribution is 2.37. The highest BCUT2D eigenvalue weighted by atomic mass is 16.6. The number of hydrogen-bond donors (Lipinski definition) is 2. The number of hydrogen-bond acceptors (Lipinski definition) is 9. The summed E-state index contributed by atoms with van der Waals surface area (Å²) in [6, 6.07) is 2.50. The van der Waals surface area contributed by atoms with E-state index >= 15 is 0 Å². The fraction of sp³-hybridized carbons (Fsp3) is 0.154. The number of hydrazone groups is 1. The van der Waals surface area contributed by atoms with Gasteiger partial charge in [-0.25, -0.2) is 0 Å². The van der Waals surface area contributed by atoms with Crippen molar-refractivity contribution in [1.29, 1.82) is 0 Å². The lowest BCUT2D eigenvalue weighted by Crippen LogP contribution is -2.22. The third kappa shape index (κ3) is 2.75. The van der Waals surface area contributed by atoms with Gasteiger partial charge in [0.1, 0.15) is 0 Å². The molecule has 0 saturated carbocycles. The molecule has 1 aliphatic rings. The quantitative estimate of drug-likeness (QED) is 0.463. The van der Waals surface area contributed by atoms with Crippen LogP contribution < -0.4 is 9.75 Å². The van der Waals surface area contributed by atoms with E-state index in [0.29, 0.717) is 5.71 Å². The maximum atomic E-state index is 12.5. The summed E-state index contributed by atoms with van der Waals surface area (Å²) in [5, 5.41) is 38.8. The number of carbonyl (C=O) groups excluding carboxylic acids is 1. The molecule has 25 heavy (non-hydrogen) atoms. The lowest BCUT2D eigenvalue weighted by Gasteiger charge is -2.07. The van der Waals surface area contributed by atoms with E-state index < -0.39 is 22.3 Å². The number of aromatic hydroxyl groups is 1. The molecule has 1 amide bonds. The summed E-state index contributed by atoms with van der Waals surface area (Å²) < 4.78 is 4.93. The van der Waals surface area contributed by atoms with Crippen molar-refractivity contribution in [3.05, 3.63) is 33.4 Å². The highest BCUT2D eigenvalue weighted by molar-refractivity contribution is 6.31. The minimum atomic E-state index is -0.747. The number of aromatic amines is 1. The van der Waals surface area contributed by atoms with Crippen molar-refractivity contribution in [2.24, 2.45) is 5.10 Å². The number of carbonyl (C=O) groups is 1. The Morgan fingerprint density at radius 3 is 2.80 bits per heavy atom.